The highest BCUT2D eigenvalue weighted by molar-refractivity contribution is 7.90. The lowest BCUT2D eigenvalue weighted by molar-refractivity contribution is -0.140. The van der Waals surface area contributed by atoms with Crippen molar-refractivity contribution in [2.75, 3.05) is 13.7 Å². The van der Waals surface area contributed by atoms with Crippen LogP contribution in [0, 0.1) is 0 Å². The first-order valence-corrected chi connectivity index (χ1v) is 13.5. The number of carbonyl (C=O) groups excluding carboxylic acids is 3. The van der Waals surface area contributed by atoms with Crippen molar-refractivity contribution in [1.29, 1.82) is 0 Å². The third-order valence-electron chi connectivity index (χ3n) is 6.82. The van der Waals surface area contributed by atoms with Crippen LogP contribution in [0.4, 0.5) is 0 Å². The van der Waals surface area contributed by atoms with Gasteiger partial charge in [-0.05, 0) is 49.6 Å². The summed E-state index contributed by atoms with van der Waals surface area (Å²) < 4.78 is 31.7. The van der Waals surface area contributed by atoms with Crippen LogP contribution in [-0.4, -0.2) is 61.1 Å². The second kappa shape index (κ2) is 10.7. The van der Waals surface area contributed by atoms with Gasteiger partial charge in [0.05, 0.1) is 12.7 Å². The summed E-state index contributed by atoms with van der Waals surface area (Å²) in [7, 11) is -2.45. The molecule has 0 spiro atoms. The summed E-state index contributed by atoms with van der Waals surface area (Å²) >= 11 is 0. The molecule has 1 atom stereocenters. The van der Waals surface area contributed by atoms with Gasteiger partial charge in [-0.1, -0.05) is 37.1 Å². The molecule has 1 N–H and O–H groups in total. The normalized spacial score (nSPS) is 17.5. The summed E-state index contributed by atoms with van der Waals surface area (Å²) in [4.78, 5) is 40.5. The van der Waals surface area contributed by atoms with Crippen LogP contribution >= 0.6 is 0 Å². The summed E-state index contributed by atoms with van der Waals surface area (Å²) in [5.74, 6) is -0.645. The fourth-order valence-corrected chi connectivity index (χ4v) is 6.26. The summed E-state index contributed by atoms with van der Waals surface area (Å²) in [6, 6.07) is 12.5. The van der Waals surface area contributed by atoms with E-state index in [2.05, 4.69) is 5.32 Å². The van der Waals surface area contributed by atoms with Gasteiger partial charge in [-0.25, -0.2) is 12.7 Å². The number of amides is 3. The zero-order chi connectivity index (χ0) is 25.9. The van der Waals surface area contributed by atoms with Crippen LogP contribution < -0.4 is 10.1 Å². The fraction of sp³-hybridized carbons (Fsp3) is 0.423. The Hall–Kier alpha value is -3.40. The Balaban J connectivity index is 1.50. The first-order valence-electron chi connectivity index (χ1n) is 12.1. The molecule has 36 heavy (non-hydrogen) atoms. The molecule has 1 saturated carbocycles. The number of nitrogens with one attached hydrogen (secondary N) is 1. The number of hydrogen-bond donors (Lipinski definition) is 1. The van der Waals surface area contributed by atoms with Crippen LogP contribution in [0.1, 0.15) is 54.9 Å². The number of ether oxygens (including phenoxy) is 1. The first-order chi connectivity index (χ1) is 17.2. The SMILES string of the molecule is COc1ccc(CN(C(=O)CCN2C(=O)c3ccccc3S2(=O)=O)C(C)C(=O)NC2CCCC2)cc1. The number of benzene rings is 2. The van der Waals surface area contributed by atoms with Gasteiger partial charge < -0.3 is 15.0 Å². The minimum Gasteiger partial charge on any atom is -0.497 e. The predicted molar refractivity (Wildman–Crippen MR) is 133 cm³/mol. The topological polar surface area (TPSA) is 113 Å². The Morgan fingerprint density at radius 3 is 2.42 bits per heavy atom. The second-order valence-electron chi connectivity index (χ2n) is 9.16. The molecule has 1 unspecified atom stereocenters. The van der Waals surface area contributed by atoms with E-state index in [9.17, 15) is 22.8 Å². The van der Waals surface area contributed by atoms with Gasteiger partial charge >= 0.3 is 0 Å². The maximum Gasteiger partial charge on any atom is 0.269 e. The van der Waals surface area contributed by atoms with Gasteiger partial charge in [0.1, 0.15) is 16.7 Å². The third-order valence-corrected chi connectivity index (χ3v) is 8.66. The molecule has 10 heteroatoms. The van der Waals surface area contributed by atoms with Crippen molar-refractivity contribution in [3.8, 4) is 5.75 Å². The number of methoxy groups -OCH3 is 1. The number of fused-ring (bicyclic) bond motifs is 1. The van der Waals surface area contributed by atoms with Crippen molar-refractivity contribution >= 4 is 27.7 Å². The fourth-order valence-electron chi connectivity index (χ4n) is 4.70. The Labute approximate surface area is 211 Å². The van der Waals surface area contributed by atoms with Gasteiger partial charge in [0.2, 0.25) is 11.8 Å². The lowest BCUT2D eigenvalue weighted by Crippen LogP contribution is -2.50. The molecule has 4 rings (SSSR count). The molecular formula is C26H31N3O6S. The molecule has 3 amide bonds. The molecule has 0 bridgehead atoms. The highest BCUT2D eigenvalue weighted by Crippen LogP contribution is 2.30. The number of rotatable bonds is 9. The van der Waals surface area contributed by atoms with Crippen LogP contribution in [0.15, 0.2) is 53.4 Å². The zero-order valence-corrected chi connectivity index (χ0v) is 21.3. The van der Waals surface area contributed by atoms with E-state index in [-0.39, 0.29) is 41.9 Å². The number of sulfonamides is 1. The molecule has 1 fully saturated rings. The Morgan fingerprint density at radius 1 is 1.11 bits per heavy atom. The van der Waals surface area contributed by atoms with Crippen LogP contribution in [0.3, 0.4) is 0 Å². The molecular weight excluding hydrogens is 482 g/mol. The van der Waals surface area contributed by atoms with E-state index in [1.807, 2.05) is 12.1 Å². The van der Waals surface area contributed by atoms with Crippen molar-refractivity contribution in [1.82, 2.24) is 14.5 Å². The molecule has 1 heterocycles. The van der Waals surface area contributed by atoms with Gasteiger partial charge in [-0.15, -0.1) is 0 Å². The van der Waals surface area contributed by atoms with Crippen LogP contribution in [-0.2, 0) is 26.2 Å². The van der Waals surface area contributed by atoms with E-state index in [1.165, 1.54) is 17.0 Å². The number of nitrogens with zero attached hydrogens (tertiary/aromatic N) is 2. The average molecular weight is 514 g/mol. The van der Waals surface area contributed by atoms with Gasteiger partial charge in [0.25, 0.3) is 15.9 Å². The first kappa shape index (κ1) is 25.7. The van der Waals surface area contributed by atoms with Gasteiger partial charge in [0.15, 0.2) is 0 Å². The van der Waals surface area contributed by atoms with E-state index in [0.29, 0.717) is 5.75 Å². The largest absolute Gasteiger partial charge is 0.497 e. The lowest BCUT2D eigenvalue weighted by Gasteiger charge is -2.30. The standard InChI is InChI=1S/C26H31N3O6S/c1-18(25(31)27-20-7-3-4-8-20)28(17-19-11-13-21(35-2)14-12-19)24(30)15-16-29-26(32)22-9-5-6-10-23(22)36(29,33)34/h5-6,9-14,18,20H,3-4,7-8,15-17H2,1-2H3,(H,27,31). The second-order valence-corrected chi connectivity index (χ2v) is 11.0. The smallest absolute Gasteiger partial charge is 0.269 e. The van der Waals surface area contributed by atoms with Gasteiger partial charge in [0, 0.05) is 25.6 Å². The highest BCUT2D eigenvalue weighted by Gasteiger charge is 2.41. The molecule has 0 saturated heterocycles. The Morgan fingerprint density at radius 2 is 1.78 bits per heavy atom. The zero-order valence-electron chi connectivity index (χ0n) is 20.5. The van der Waals surface area contributed by atoms with E-state index in [0.717, 1.165) is 35.6 Å². The third kappa shape index (κ3) is 5.23. The number of carbonyl (C=O) groups is 3. The number of hydrogen-bond acceptors (Lipinski definition) is 6. The molecule has 2 aromatic rings. The molecule has 0 radical (unpaired) electrons. The summed E-state index contributed by atoms with van der Waals surface area (Å²) in [6.07, 6.45) is 3.72. The molecule has 2 aliphatic rings. The Bertz CT molecular complexity index is 1240. The quantitative estimate of drug-likeness (QED) is 0.552. The van der Waals surface area contributed by atoms with Gasteiger partial charge in [-0.2, -0.15) is 0 Å². The highest BCUT2D eigenvalue weighted by atomic mass is 32.2. The predicted octanol–water partition coefficient (Wildman–Crippen LogP) is 2.71. The van der Waals surface area contributed by atoms with Crippen LogP contribution in [0.2, 0.25) is 0 Å². The maximum atomic E-state index is 13.4. The van der Waals surface area contributed by atoms with Crippen molar-refractivity contribution in [3.05, 3.63) is 59.7 Å². The minimum atomic E-state index is -4.02. The molecule has 9 nitrogen and oxygen atoms in total. The Kier molecular flexibility index (Phi) is 7.63. The summed E-state index contributed by atoms with van der Waals surface area (Å²) in [5.41, 5.74) is 0.895. The van der Waals surface area contributed by atoms with E-state index < -0.39 is 27.9 Å². The van der Waals surface area contributed by atoms with Crippen LogP contribution in [0.25, 0.3) is 0 Å². The summed E-state index contributed by atoms with van der Waals surface area (Å²) in [6.45, 7) is 1.52. The van der Waals surface area contributed by atoms with E-state index in [4.69, 9.17) is 4.74 Å². The van der Waals surface area contributed by atoms with E-state index in [1.54, 1.807) is 38.3 Å². The molecule has 2 aromatic carbocycles. The maximum absolute atomic E-state index is 13.4. The van der Waals surface area contributed by atoms with E-state index >= 15 is 0 Å². The average Bonchev–Trinajstić information content (AvgIpc) is 3.46. The molecule has 0 aromatic heterocycles. The monoisotopic (exact) mass is 513 g/mol. The van der Waals surface area contributed by atoms with Crippen molar-refractivity contribution in [3.63, 3.8) is 0 Å². The summed E-state index contributed by atoms with van der Waals surface area (Å²) in [5, 5.41) is 3.03. The molecule has 1 aliphatic heterocycles. The van der Waals surface area contributed by atoms with Crippen LogP contribution in [0.5, 0.6) is 5.75 Å². The van der Waals surface area contributed by atoms with Gasteiger partial charge in [-0.3, -0.25) is 14.4 Å². The van der Waals surface area contributed by atoms with Crippen molar-refractivity contribution in [2.24, 2.45) is 0 Å². The molecule has 192 valence electrons. The van der Waals surface area contributed by atoms with Crippen molar-refractivity contribution in [2.45, 2.75) is 62.6 Å². The lowest BCUT2D eigenvalue weighted by atomic mass is 10.1. The van der Waals surface area contributed by atoms with Crippen molar-refractivity contribution < 1.29 is 27.5 Å². The molecule has 1 aliphatic carbocycles. The minimum absolute atomic E-state index is 0.0538.